The molecule has 0 amide bonds. The molecule has 0 spiro atoms. The van der Waals surface area contributed by atoms with Crippen LogP contribution in [0.25, 0.3) is 0 Å². The molecule has 0 aliphatic rings. The van der Waals surface area contributed by atoms with Gasteiger partial charge in [-0.05, 0) is 30.4 Å². The van der Waals surface area contributed by atoms with E-state index in [0.717, 1.165) is 12.1 Å². The van der Waals surface area contributed by atoms with Gasteiger partial charge in [0.05, 0.1) is 16.4 Å². The molecule has 74 valence electrons. The van der Waals surface area contributed by atoms with Crippen LogP contribution in [0, 0.1) is 0 Å². The van der Waals surface area contributed by atoms with Gasteiger partial charge in [-0.25, -0.2) is 0 Å². The summed E-state index contributed by atoms with van der Waals surface area (Å²) in [5.74, 6) is 0. The number of hydrogen-bond donors (Lipinski definition) is 0. The lowest BCUT2D eigenvalue weighted by Crippen LogP contribution is -2.04. The van der Waals surface area contributed by atoms with Crippen LogP contribution in [0.2, 0.25) is 5.02 Å². The predicted octanol–water partition coefficient (Wildman–Crippen LogP) is 4.09. The van der Waals surface area contributed by atoms with Crippen LogP contribution in [-0.4, -0.2) is 5.16 Å². The Morgan fingerprint density at radius 1 is 1.29 bits per heavy atom. The second kappa shape index (κ2) is 4.09. The number of aliphatic imine (C=N–C) groups is 1. The van der Waals surface area contributed by atoms with Crippen LogP contribution >= 0.6 is 23.8 Å². The molecule has 0 saturated heterocycles. The van der Waals surface area contributed by atoms with Crippen molar-refractivity contribution in [1.82, 2.24) is 0 Å². The SMILES string of the molecule is FC(F)(F)c1cc(Cl)cc(N=C=S)c1. The molecule has 6 heteroatoms. The van der Waals surface area contributed by atoms with E-state index in [-0.39, 0.29) is 10.7 Å². The Bertz CT molecular complexity index is 396. The first-order chi connectivity index (χ1) is 6.43. The minimum absolute atomic E-state index is 0.0381. The van der Waals surface area contributed by atoms with E-state index in [2.05, 4.69) is 17.2 Å². The maximum atomic E-state index is 12.2. The zero-order chi connectivity index (χ0) is 10.8. The number of hydrogen-bond acceptors (Lipinski definition) is 2. The maximum absolute atomic E-state index is 12.2. The molecule has 14 heavy (non-hydrogen) atoms. The van der Waals surface area contributed by atoms with Gasteiger partial charge in [-0.3, -0.25) is 0 Å². The molecule has 1 rings (SSSR count). The summed E-state index contributed by atoms with van der Waals surface area (Å²) in [6, 6.07) is 2.95. The first-order valence-electron chi connectivity index (χ1n) is 3.39. The van der Waals surface area contributed by atoms with Crippen molar-refractivity contribution >= 4 is 34.7 Å². The average molecular weight is 238 g/mol. The third-order valence-corrected chi connectivity index (χ3v) is 1.69. The topological polar surface area (TPSA) is 12.4 Å². The zero-order valence-corrected chi connectivity index (χ0v) is 8.17. The second-order valence-corrected chi connectivity index (χ2v) is 3.02. The highest BCUT2D eigenvalue weighted by molar-refractivity contribution is 7.78. The lowest BCUT2D eigenvalue weighted by Gasteiger charge is -2.07. The van der Waals surface area contributed by atoms with Crippen molar-refractivity contribution in [3.05, 3.63) is 28.8 Å². The Balaban J connectivity index is 3.27. The van der Waals surface area contributed by atoms with Crippen LogP contribution in [-0.2, 0) is 6.18 Å². The minimum atomic E-state index is -4.43. The highest BCUT2D eigenvalue weighted by Gasteiger charge is 2.31. The van der Waals surface area contributed by atoms with Crippen LogP contribution in [0.1, 0.15) is 5.56 Å². The number of thiocarbonyl (C=S) groups is 1. The number of halogens is 4. The number of alkyl halides is 3. The van der Waals surface area contributed by atoms with Crippen LogP contribution in [0.3, 0.4) is 0 Å². The monoisotopic (exact) mass is 237 g/mol. The number of nitrogens with zero attached hydrogens (tertiary/aromatic N) is 1. The number of isothiocyanates is 1. The summed E-state index contributed by atoms with van der Waals surface area (Å²) in [5.41, 5.74) is -0.811. The maximum Gasteiger partial charge on any atom is 0.416 e. The van der Waals surface area contributed by atoms with E-state index in [9.17, 15) is 13.2 Å². The molecule has 0 aliphatic heterocycles. The van der Waals surface area contributed by atoms with E-state index in [1.165, 1.54) is 6.07 Å². The number of benzene rings is 1. The second-order valence-electron chi connectivity index (χ2n) is 2.40. The fraction of sp³-hybridized carbons (Fsp3) is 0.125. The normalized spacial score (nSPS) is 10.9. The average Bonchev–Trinajstić information content (AvgIpc) is 2.02. The Labute approximate surface area is 88.2 Å². The van der Waals surface area contributed by atoms with E-state index >= 15 is 0 Å². The highest BCUT2D eigenvalue weighted by atomic mass is 35.5. The largest absolute Gasteiger partial charge is 0.416 e. The summed E-state index contributed by atoms with van der Waals surface area (Å²) in [7, 11) is 0. The van der Waals surface area contributed by atoms with Crippen molar-refractivity contribution in [2.24, 2.45) is 4.99 Å². The molecule has 0 saturated carbocycles. The molecule has 0 aromatic heterocycles. The van der Waals surface area contributed by atoms with Crippen LogP contribution in [0.4, 0.5) is 18.9 Å². The van der Waals surface area contributed by atoms with Gasteiger partial charge in [-0.1, -0.05) is 11.6 Å². The first-order valence-corrected chi connectivity index (χ1v) is 4.18. The van der Waals surface area contributed by atoms with E-state index in [1.54, 1.807) is 0 Å². The zero-order valence-electron chi connectivity index (χ0n) is 6.60. The molecular formula is C8H3ClF3NS. The third kappa shape index (κ3) is 2.80. The van der Waals surface area contributed by atoms with E-state index in [1.807, 2.05) is 5.16 Å². The number of rotatable bonds is 1. The fourth-order valence-corrected chi connectivity index (χ4v) is 1.19. The molecule has 1 aromatic carbocycles. The summed E-state index contributed by atoms with van der Waals surface area (Å²) in [5, 5.41) is 1.93. The quantitative estimate of drug-likeness (QED) is 0.529. The summed E-state index contributed by atoms with van der Waals surface area (Å²) < 4.78 is 36.7. The Hall–Kier alpha value is -0.900. The van der Waals surface area contributed by atoms with Gasteiger partial charge in [0.1, 0.15) is 0 Å². The van der Waals surface area contributed by atoms with Gasteiger partial charge in [0.15, 0.2) is 0 Å². The summed E-state index contributed by atoms with van der Waals surface area (Å²) in [6.45, 7) is 0. The van der Waals surface area contributed by atoms with Crippen LogP contribution < -0.4 is 0 Å². The predicted molar refractivity (Wildman–Crippen MR) is 51.1 cm³/mol. The lowest BCUT2D eigenvalue weighted by molar-refractivity contribution is -0.137. The van der Waals surface area contributed by atoms with Crippen molar-refractivity contribution in [2.75, 3.05) is 0 Å². The standard InChI is InChI=1S/C8H3ClF3NS/c9-6-1-5(8(10,11)12)2-7(3-6)13-4-14/h1-3H. The molecule has 0 aliphatic carbocycles. The highest BCUT2D eigenvalue weighted by Crippen LogP contribution is 2.33. The lowest BCUT2D eigenvalue weighted by atomic mass is 10.2. The van der Waals surface area contributed by atoms with Gasteiger partial charge in [0.2, 0.25) is 0 Å². The van der Waals surface area contributed by atoms with Gasteiger partial charge in [0, 0.05) is 5.02 Å². The summed E-state index contributed by atoms with van der Waals surface area (Å²) in [4.78, 5) is 3.42. The Morgan fingerprint density at radius 2 is 1.93 bits per heavy atom. The van der Waals surface area contributed by atoms with Crippen molar-refractivity contribution in [2.45, 2.75) is 6.18 Å². The third-order valence-electron chi connectivity index (χ3n) is 1.38. The molecule has 0 unspecified atom stereocenters. The molecule has 0 bridgehead atoms. The van der Waals surface area contributed by atoms with E-state index < -0.39 is 11.7 Å². The van der Waals surface area contributed by atoms with Crippen molar-refractivity contribution in [3.8, 4) is 0 Å². The summed E-state index contributed by atoms with van der Waals surface area (Å²) in [6.07, 6.45) is -4.43. The first kappa shape index (κ1) is 11.2. The molecule has 0 fully saturated rings. The van der Waals surface area contributed by atoms with Crippen molar-refractivity contribution < 1.29 is 13.2 Å². The van der Waals surface area contributed by atoms with Gasteiger partial charge in [-0.2, -0.15) is 18.2 Å². The van der Waals surface area contributed by atoms with Gasteiger partial charge >= 0.3 is 6.18 Å². The molecule has 0 atom stereocenters. The van der Waals surface area contributed by atoms with Crippen LogP contribution in [0.15, 0.2) is 23.2 Å². The van der Waals surface area contributed by atoms with Crippen molar-refractivity contribution in [3.63, 3.8) is 0 Å². The summed E-state index contributed by atoms with van der Waals surface area (Å²) >= 11 is 9.74. The van der Waals surface area contributed by atoms with Gasteiger partial charge < -0.3 is 0 Å². The molecule has 1 aromatic rings. The molecule has 0 N–H and O–H groups in total. The fourth-order valence-electron chi connectivity index (χ4n) is 0.855. The molecular weight excluding hydrogens is 235 g/mol. The van der Waals surface area contributed by atoms with Crippen LogP contribution in [0.5, 0.6) is 0 Å². The van der Waals surface area contributed by atoms with Gasteiger partial charge in [-0.15, -0.1) is 0 Å². The smallest absolute Gasteiger partial charge is 0.195 e. The van der Waals surface area contributed by atoms with Crippen molar-refractivity contribution in [1.29, 1.82) is 0 Å². The molecule has 0 radical (unpaired) electrons. The van der Waals surface area contributed by atoms with E-state index in [0.29, 0.717) is 0 Å². The Morgan fingerprint density at radius 3 is 2.43 bits per heavy atom. The Kier molecular flexibility index (Phi) is 3.26. The minimum Gasteiger partial charge on any atom is -0.195 e. The van der Waals surface area contributed by atoms with Gasteiger partial charge in [0.25, 0.3) is 0 Å². The molecule has 1 nitrogen and oxygen atoms in total. The van der Waals surface area contributed by atoms with E-state index in [4.69, 9.17) is 11.6 Å². The molecule has 0 heterocycles.